The smallest absolute Gasteiger partial charge is 0.238 e. The van der Waals surface area contributed by atoms with Crippen molar-refractivity contribution < 1.29 is 14.3 Å². The van der Waals surface area contributed by atoms with Gasteiger partial charge in [0.1, 0.15) is 11.5 Å². The summed E-state index contributed by atoms with van der Waals surface area (Å²) >= 11 is 0. The number of amides is 1. The fourth-order valence-corrected chi connectivity index (χ4v) is 4.30. The van der Waals surface area contributed by atoms with Crippen LogP contribution in [0, 0.1) is 0 Å². The lowest BCUT2D eigenvalue weighted by Crippen LogP contribution is -2.33. The molecule has 4 rings (SSSR count). The number of anilines is 1. The number of nitrogens with zero attached hydrogens (tertiary/aromatic N) is 1. The maximum absolute atomic E-state index is 13.0. The Morgan fingerprint density at radius 3 is 2.55 bits per heavy atom. The molecule has 1 aliphatic heterocycles. The van der Waals surface area contributed by atoms with Crippen LogP contribution in [0.25, 0.3) is 11.1 Å². The first kappa shape index (κ1) is 20.9. The van der Waals surface area contributed by atoms with Crippen molar-refractivity contribution in [3.05, 3.63) is 78.4 Å². The maximum atomic E-state index is 13.0. The average molecular weight is 417 g/mol. The van der Waals surface area contributed by atoms with Gasteiger partial charge in [0.2, 0.25) is 5.91 Å². The zero-order valence-corrected chi connectivity index (χ0v) is 18.0. The Bertz CT molecular complexity index is 1040. The van der Waals surface area contributed by atoms with E-state index in [0.717, 1.165) is 53.3 Å². The highest BCUT2D eigenvalue weighted by atomic mass is 16.5. The third kappa shape index (κ3) is 4.72. The van der Waals surface area contributed by atoms with Crippen molar-refractivity contribution in [1.82, 2.24) is 4.90 Å². The van der Waals surface area contributed by atoms with Crippen LogP contribution in [0.2, 0.25) is 0 Å². The zero-order valence-electron chi connectivity index (χ0n) is 18.0. The molecule has 5 heteroatoms. The van der Waals surface area contributed by atoms with E-state index >= 15 is 0 Å². The van der Waals surface area contributed by atoms with Gasteiger partial charge in [-0.15, -0.1) is 0 Å². The summed E-state index contributed by atoms with van der Waals surface area (Å²) in [6.45, 7) is 1.22. The summed E-state index contributed by atoms with van der Waals surface area (Å²) < 4.78 is 10.9. The maximum Gasteiger partial charge on any atom is 0.238 e. The van der Waals surface area contributed by atoms with E-state index < -0.39 is 0 Å². The highest BCUT2D eigenvalue weighted by Gasteiger charge is 2.30. The van der Waals surface area contributed by atoms with Crippen LogP contribution in [0.4, 0.5) is 5.69 Å². The molecule has 0 spiro atoms. The van der Waals surface area contributed by atoms with Gasteiger partial charge < -0.3 is 14.8 Å². The van der Waals surface area contributed by atoms with E-state index in [0.29, 0.717) is 6.54 Å². The van der Waals surface area contributed by atoms with Crippen LogP contribution in [0.1, 0.15) is 24.4 Å². The van der Waals surface area contributed by atoms with Gasteiger partial charge in [0.25, 0.3) is 0 Å². The van der Waals surface area contributed by atoms with E-state index in [2.05, 4.69) is 22.3 Å². The first-order valence-corrected chi connectivity index (χ1v) is 10.6. The molecule has 31 heavy (non-hydrogen) atoms. The van der Waals surface area contributed by atoms with Gasteiger partial charge in [0, 0.05) is 28.9 Å². The van der Waals surface area contributed by atoms with Gasteiger partial charge in [-0.3, -0.25) is 9.69 Å². The summed E-state index contributed by atoms with van der Waals surface area (Å²) in [6, 6.07) is 24.1. The Hall–Kier alpha value is -3.31. The average Bonchev–Trinajstić information content (AvgIpc) is 3.27. The molecule has 1 fully saturated rings. The van der Waals surface area contributed by atoms with Crippen LogP contribution in [-0.4, -0.2) is 38.1 Å². The Balaban J connectivity index is 1.50. The van der Waals surface area contributed by atoms with Crippen LogP contribution in [-0.2, 0) is 4.79 Å². The second kappa shape index (κ2) is 9.67. The van der Waals surface area contributed by atoms with Gasteiger partial charge >= 0.3 is 0 Å². The fourth-order valence-electron chi connectivity index (χ4n) is 4.30. The molecule has 160 valence electrons. The molecule has 1 amide bonds. The summed E-state index contributed by atoms with van der Waals surface area (Å²) in [7, 11) is 3.32. The van der Waals surface area contributed by atoms with Crippen LogP contribution in [0.15, 0.2) is 72.8 Å². The number of hydrogen-bond acceptors (Lipinski definition) is 4. The lowest BCUT2D eigenvalue weighted by Gasteiger charge is -2.26. The van der Waals surface area contributed by atoms with Crippen LogP contribution in [0.3, 0.4) is 0 Å². The molecule has 5 nitrogen and oxygen atoms in total. The van der Waals surface area contributed by atoms with Crippen molar-refractivity contribution in [2.75, 3.05) is 32.6 Å². The van der Waals surface area contributed by atoms with E-state index in [1.54, 1.807) is 14.2 Å². The summed E-state index contributed by atoms with van der Waals surface area (Å²) in [5.74, 6) is 1.55. The van der Waals surface area contributed by atoms with Gasteiger partial charge in [-0.2, -0.15) is 0 Å². The minimum absolute atomic E-state index is 0.0113. The number of ether oxygens (including phenoxy) is 2. The molecule has 3 aromatic carbocycles. The number of nitrogens with one attached hydrogen (secondary N) is 1. The largest absolute Gasteiger partial charge is 0.497 e. The molecule has 3 aromatic rings. The van der Waals surface area contributed by atoms with Crippen molar-refractivity contribution in [2.45, 2.75) is 18.9 Å². The summed E-state index contributed by atoms with van der Waals surface area (Å²) in [6.07, 6.45) is 2.05. The second-order valence-electron chi connectivity index (χ2n) is 7.70. The van der Waals surface area contributed by atoms with E-state index in [-0.39, 0.29) is 11.9 Å². The summed E-state index contributed by atoms with van der Waals surface area (Å²) in [4.78, 5) is 15.2. The highest BCUT2D eigenvalue weighted by molar-refractivity contribution is 5.96. The van der Waals surface area contributed by atoms with Gasteiger partial charge in [0.15, 0.2) is 0 Å². The van der Waals surface area contributed by atoms with Crippen molar-refractivity contribution in [3.8, 4) is 22.6 Å². The molecule has 1 N–H and O–H groups in total. The molecule has 1 heterocycles. The predicted octanol–water partition coefficient (Wildman–Crippen LogP) is 5.15. The molecule has 1 atom stereocenters. The standard InChI is InChI=1S/C26H28N2O3/c1-30-20-14-15-22(25(17-20)31-2)24-13-8-16-28(24)18-26(29)27-23-12-7-6-11-21(23)19-9-4-3-5-10-19/h3-7,9-12,14-15,17,24H,8,13,16,18H2,1-2H3,(H,27,29)/t24-/m1/s1. The second-order valence-corrected chi connectivity index (χ2v) is 7.70. The van der Waals surface area contributed by atoms with Crippen LogP contribution < -0.4 is 14.8 Å². The van der Waals surface area contributed by atoms with Crippen LogP contribution >= 0.6 is 0 Å². The third-order valence-electron chi connectivity index (χ3n) is 5.80. The first-order valence-electron chi connectivity index (χ1n) is 10.6. The number of benzene rings is 3. The summed E-state index contributed by atoms with van der Waals surface area (Å²) in [5, 5.41) is 3.12. The summed E-state index contributed by atoms with van der Waals surface area (Å²) in [5.41, 5.74) is 4.03. The number of hydrogen-bond donors (Lipinski definition) is 1. The van der Waals surface area contributed by atoms with E-state index in [9.17, 15) is 4.79 Å². The number of carbonyl (C=O) groups excluding carboxylic acids is 1. The Morgan fingerprint density at radius 2 is 1.77 bits per heavy atom. The Labute approximate surface area is 183 Å². The molecule has 0 aliphatic carbocycles. The zero-order chi connectivity index (χ0) is 21.6. The third-order valence-corrected chi connectivity index (χ3v) is 5.80. The molecule has 0 aromatic heterocycles. The van der Waals surface area contributed by atoms with Gasteiger partial charge in [-0.1, -0.05) is 54.6 Å². The number of methoxy groups -OCH3 is 2. The van der Waals surface area contributed by atoms with E-state index in [4.69, 9.17) is 9.47 Å². The first-order chi connectivity index (χ1) is 15.2. The Morgan fingerprint density at radius 1 is 1.00 bits per heavy atom. The van der Waals surface area contributed by atoms with E-state index in [1.807, 2.05) is 60.7 Å². The lowest BCUT2D eigenvalue weighted by molar-refractivity contribution is -0.117. The predicted molar refractivity (Wildman–Crippen MR) is 124 cm³/mol. The number of carbonyl (C=O) groups is 1. The quantitative estimate of drug-likeness (QED) is 0.579. The lowest BCUT2D eigenvalue weighted by atomic mass is 10.0. The highest BCUT2D eigenvalue weighted by Crippen LogP contribution is 2.38. The molecular weight excluding hydrogens is 388 g/mol. The minimum Gasteiger partial charge on any atom is -0.497 e. The van der Waals surface area contributed by atoms with Crippen molar-refractivity contribution in [2.24, 2.45) is 0 Å². The normalized spacial score (nSPS) is 16.1. The van der Waals surface area contributed by atoms with Crippen LogP contribution in [0.5, 0.6) is 11.5 Å². The number of para-hydroxylation sites is 1. The monoisotopic (exact) mass is 416 g/mol. The molecule has 1 saturated heterocycles. The van der Waals surface area contributed by atoms with E-state index in [1.165, 1.54) is 0 Å². The molecule has 1 aliphatic rings. The van der Waals surface area contributed by atoms with Crippen molar-refractivity contribution >= 4 is 11.6 Å². The Kier molecular flexibility index (Phi) is 6.53. The molecule has 0 unspecified atom stereocenters. The molecule has 0 bridgehead atoms. The van der Waals surface area contributed by atoms with Gasteiger partial charge in [-0.05, 0) is 37.1 Å². The SMILES string of the molecule is COc1ccc([C@H]2CCCN2CC(=O)Nc2ccccc2-c2ccccc2)c(OC)c1. The van der Waals surface area contributed by atoms with Crippen molar-refractivity contribution in [1.29, 1.82) is 0 Å². The minimum atomic E-state index is -0.0113. The van der Waals surface area contributed by atoms with Crippen molar-refractivity contribution in [3.63, 3.8) is 0 Å². The molecular formula is C26H28N2O3. The van der Waals surface area contributed by atoms with Gasteiger partial charge in [0.05, 0.1) is 20.8 Å². The topological polar surface area (TPSA) is 50.8 Å². The van der Waals surface area contributed by atoms with Gasteiger partial charge in [-0.25, -0.2) is 0 Å². The molecule has 0 radical (unpaired) electrons. The molecule has 0 saturated carbocycles. The fraction of sp³-hybridized carbons (Fsp3) is 0.269. The number of rotatable bonds is 7. The number of likely N-dealkylation sites (tertiary alicyclic amines) is 1.